The Morgan fingerprint density at radius 2 is 2.00 bits per heavy atom. The third-order valence-corrected chi connectivity index (χ3v) is 2.29. The first-order valence-corrected chi connectivity index (χ1v) is 5.45. The third-order valence-electron chi connectivity index (χ3n) is 1.65. The molecule has 0 aliphatic heterocycles. The normalized spacial score (nSPS) is 14.6. The molecule has 15 heavy (non-hydrogen) atoms. The molecule has 0 heterocycles. The first kappa shape index (κ1) is 12.2. The van der Waals surface area contributed by atoms with E-state index in [1.807, 2.05) is 0 Å². The zero-order valence-corrected chi connectivity index (χ0v) is 8.85. The Kier molecular flexibility index (Phi) is 4.26. The van der Waals surface area contributed by atoms with E-state index in [1.165, 1.54) is 7.11 Å². The predicted molar refractivity (Wildman–Crippen MR) is 49.1 cm³/mol. The summed E-state index contributed by atoms with van der Waals surface area (Å²) >= 11 is 0. The lowest BCUT2D eigenvalue weighted by atomic mass is 10.2. The van der Waals surface area contributed by atoms with Crippen LogP contribution in [0.3, 0.4) is 0 Å². The van der Waals surface area contributed by atoms with Crippen LogP contribution in [0.25, 0.3) is 0 Å². The lowest BCUT2D eigenvalue weighted by molar-refractivity contribution is -0.284. The second-order valence-corrected chi connectivity index (χ2v) is 3.97. The van der Waals surface area contributed by atoms with Crippen LogP contribution in [0.4, 0.5) is 0 Å². The SMILES string of the molecule is COc1ccc(COP(=O)([O-])OO)cc1. The molecule has 0 saturated carbocycles. The number of hydrogen-bond acceptors (Lipinski definition) is 6. The van der Waals surface area contributed by atoms with Gasteiger partial charge in [0.25, 0.3) is 7.82 Å². The molecule has 6 nitrogen and oxygen atoms in total. The van der Waals surface area contributed by atoms with E-state index in [1.54, 1.807) is 24.3 Å². The topological polar surface area (TPSA) is 88.1 Å². The number of methoxy groups -OCH3 is 1. The van der Waals surface area contributed by atoms with Gasteiger partial charge in [-0.2, -0.15) is 4.67 Å². The number of phosphoric ester groups is 1. The molecule has 1 aromatic carbocycles. The van der Waals surface area contributed by atoms with Crippen LogP contribution in [0.15, 0.2) is 24.3 Å². The molecule has 1 aromatic rings. The van der Waals surface area contributed by atoms with Crippen molar-refractivity contribution >= 4 is 7.82 Å². The molecule has 0 radical (unpaired) electrons. The van der Waals surface area contributed by atoms with Crippen molar-refractivity contribution in [1.29, 1.82) is 0 Å². The van der Waals surface area contributed by atoms with Gasteiger partial charge in [-0.05, 0) is 17.7 Å². The molecule has 0 aliphatic carbocycles. The van der Waals surface area contributed by atoms with E-state index in [0.29, 0.717) is 11.3 Å². The molecule has 0 amide bonds. The van der Waals surface area contributed by atoms with Crippen molar-refractivity contribution in [1.82, 2.24) is 0 Å². The molecular weight excluding hydrogens is 223 g/mol. The average Bonchev–Trinajstić information content (AvgIpc) is 2.27. The van der Waals surface area contributed by atoms with Crippen LogP contribution in [0.5, 0.6) is 5.75 Å². The molecule has 1 N–H and O–H groups in total. The van der Waals surface area contributed by atoms with Gasteiger partial charge in [0.2, 0.25) is 0 Å². The van der Waals surface area contributed by atoms with Gasteiger partial charge in [-0.25, -0.2) is 5.26 Å². The van der Waals surface area contributed by atoms with Gasteiger partial charge in [-0.1, -0.05) is 12.1 Å². The van der Waals surface area contributed by atoms with Crippen molar-refractivity contribution in [3.8, 4) is 5.75 Å². The number of ether oxygens (including phenoxy) is 1. The summed E-state index contributed by atoms with van der Waals surface area (Å²) in [6, 6.07) is 6.59. The van der Waals surface area contributed by atoms with E-state index in [4.69, 9.17) is 9.99 Å². The van der Waals surface area contributed by atoms with Gasteiger partial charge in [-0.15, -0.1) is 0 Å². The molecule has 0 spiro atoms. The van der Waals surface area contributed by atoms with Crippen LogP contribution in [0.1, 0.15) is 5.56 Å². The smallest absolute Gasteiger partial charge is 0.298 e. The van der Waals surface area contributed by atoms with Crippen LogP contribution in [-0.2, 0) is 20.4 Å². The highest BCUT2D eigenvalue weighted by Gasteiger charge is 2.08. The molecule has 1 rings (SSSR count). The molecule has 84 valence electrons. The van der Waals surface area contributed by atoms with Crippen LogP contribution in [0, 0.1) is 0 Å². The van der Waals surface area contributed by atoms with Crippen LogP contribution in [0.2, 0.25) is 0 Å². The van der Waals surface area contributed by atoms with Crippen molar-refractivity contribution in [2.75, 3.05) is 7.11 Å². The Morgan fingerprint density at radius 1 is 1.40 bits per heavy atom. The first-order valence-electron chi connectivity index (χ1n) is 3.99. The molecule has 1 unspecified atom stereocenters. The van der Waals surface area contributed by atoms with Crippen LogP contribution < -0.4 is 9.63 Å². The van der Waals surface area contributed by atoms with Gasteiger partial charge in [0.05, 0.1) is 13.7 Å². The number of rotatable bonds is 5. The fourth-order valence-electron chi connectivity index (χ4n) is 0.899. The van der Waals surface area contributed by atoms with Gasteiger partial charge in [0.1, 0.15) is 5.75 Å². The Balaban J connectivity index is 2.55. The summed E-state index contributed by atoms with van der Waals surface area (Å²) < 4.78 is 23.0. The van der Waals surface area contributed by atoms with Gasteiger partial charge in [-0.3, -0.25) is 4.57 Å². The fraction of sp³-hybridized carbons (Fsp3) is 0.250. The highest BCUT2D eigenvalue weighted by Crippen LogP contribution is 2.37. The minimum atomic E-state index is -4.58. The van der Waals surface area contributed by atoms with Crippen LogP contribution >= 0.6 is 7.82 Å². The van der Waals surface area contributed by atoms with Crippen molar-refractivity contribution < 1.29 is 28.7 Å². The van der Waals surface area contributed by atoms with E-state index in [-0.39, 0.29) is 6.61 Å². The molecular formula is C8H10O6P-. The minimum absolute atomic E-state index is 0.203. The number of phosphoric acid groups is 1. The summed E-state index contributed by atoms with van der Waals surface area (Å²) in [5.74, 6) is 0.655. The highest BCUT2D eigenvalue weighted by molar-refractivity contribution is 7.45. The maximum Gasteiger partial charge on any atom is 0.298 e. The number of benzene rings is 1. The van der Waals surface area contributed by atoms with E-state index in [0.717, 1.165) is 0 Å². The fourth-order valence-corrected chi connectivity index (χ4v) is 1.25. The molecule has 0 saturated heterocycles. The first-order chi connectivity index (χ1) is 7.07. The Morgan fingerprint density at radius 3 is 2.47 bits per heavy atom. The molecule has 0 bridgehead atoms. The maximum absolute atomic E-state index is 10.6. The number of hydrogen-bond donors (Lipinski definition) is 1. The molecule has 0 aromatic heterocycles. The Bertz CT molecular complexity index is 349. The summed E-state index contributed by atoms with van der Waals surface area (Å²) in [6.07, 6.45) is 0. The summed E-state index contributed by atoms with van der Waals surface area (Å²) in [6.45, 7) is -0.203. The van der Waals surface area contributed by atoms with E-state index >= 15 is 0 Å². The van der Waals surface area contributed by atoms with E-state index < -0.39 is 7.82 Å². The van der Waals surface area contributed by atoms with Crippen molar-refractivity contribution in [2.24, 2.45) is 0 Å². The predicted octanol–water partition coefficient (Wildman–Crippen LogP) is 1.17. The molecule has 7 heteroatoms. The lowest BCUT2D eigenvalue weighted by Gasteiger charge is -2.17. The molecule has 1 atom stereocenters. The van der Waals surface area contributed by atoms with Crippen molar-refractivity contribution in [3.05, 3.63) is 29.8 Å². The standard InChI is InChI=1S/C8H11O6P/c1-12-8-4-2-7(3-5-8)6-13-15(10,11)14-9/h2-5,9H,6H2,1H3,(H,10,11)/p-1. The largest absolute Gasteiger partial charge is 0.754 e. The molecule has 0 aliphatic rings. The van der Waals surface area contributed by atoms with Gasteiger partial charge >= 0.3 is 0 Å². The van der Waals surface area contributed by atoms with E-state index in [2.05, 4.69) is 9.20 Å². The zero-order valence-electron chi connectivity index (χ0n) is 7.95. The Hall–Kier alpha value is -0.910. The maximum atomic E-state index is 10.6. The summed E-state index contributed by atoms with van der Waals surface area (Å²) in [5, 5.41) is 7.93. The second kappa shape index (κ2) is 5.25. The van der Waals surface area contributed by atoms with Gasteiger partial charge in [0.15, 0.2) is 0 Å². The van der Waals surface area contributed by atoms with Gasteiger partial charge < -0.3 is 14.2 Å². The monoisotopic (exact) mass is 233 g/mol. The summed E-state index contributed by atoms with van der Waals surface area (Å²) in [5.41, 5.74) is 0.615. The van der Waals surface area contributed by atoms with Crippen molar-refractivity contribution in [2.45, 2.75) is 6.61 Å². The minimum Gasteiger partial charge on any atom is -0.754 e. The lowest BCUT2D eigenvalue weighted by Crippen LogP contribution is -2.06. The zero-order chi connectivity index (χ0) is 11.3. The quantitative estimate of drug-likeness (QED) is 0.466. The summed E-state index contributed by atoms with van der Waals surface area (Å²) in [7, 11) is -3.06. The van der Waals surface area contributed by atoms with Gasteiger partial charge in [0, 0.05) is 0 Å². The second-order valence-electron chi connectivity index (χ2n) is 2.65. The van der Waals surface area contributed by atoms with E-state index in [9.17, 15) is 9.46 Å². The molecule has 0 fully saturated rings. The third kappa shape index (κ3) is 3.99. The van der Waals surface area contributed by atoms with Crippen molar-refractivity contribution in [3.63, 3.8) is 0 Å². The van der Waals surface area contributed by atoms with Crippen LogP contribution in [-0.4, -0.2) is 12.4 Å². The Labute approximate surface area is 86.6 Å². The summed E-state index contributed by atoms with van der Waals surface area (Å²) in [4.78, 5) is 10.6. The average molecular weight is 233 g/mol. The highest BCUT2D eigenvalue weighted by atomic mass is 31.2.